The molecule has 0 radical (unpaired) electrons. The van der Waals surface area contributed by atoms with E-state index in [0.29, 0.717) is 33.4 Å². The minimum absolute atomic E-state index is 0.0708. The van der Waals surface area contributed by atoms with E-state index in [1.54, 1.807) is 24.3 Å². The second kappa shape index (κ2) is 13.1. The Bertz CT molecular complexity index is 912. The van der Waals surface area contributed by atoms with Crippen LogP contribution in [0.4, 0.5) is 5.69 Å². The zero-order chi connectivity index (χ0) is 22.6. The van der Waals surface area contributed by atoms with Crippen LogP contribution in [-0.4, -0.2) is 17.5 Å². The number of hydrazone groups is 1. The second-order valence-corrected chi connectivity index (χ2v) is 8.25. The number of amides is 2. The summed E-state index contributed by atoms with van der Waals surface area (Å²) in [5, 5.41) is 7.75. The monoisotopic (exact) mass is 461 g/mol. The quantitative estimate of drug-likeness (QED) is 0.218. The first-order chi connectivity index (χ1) is 14.9. The van der Waals surface area contributed by atoms with Gasteiger partial charge in [0.1, 0.15) is 0 Å². The molecule has 7 heteroatoms. The number of unbranched alkanes of at least 4 members (excludes halogenated alkanes) is 5. The highest BCUT2D eigenvalue weighted by atomic mass is 35.5. The lowest BCUT2D eigenvalue weighted by molar-refractivity contribution is -0.121. The molecule has 2 rings (SSSR count). The van der Waals surface area contributed by atoms with Crippen molar-refractivity contribution in [2.75, 3.05) is 5.32 Å². The molecule has 31 heavy (non-hydrogen) atoms. The van der Waals surface area contributed by atoms with Crippen molar-refractivity contribution in [2.24, 2.45) is 5.10 Å². The summed E-state index contributed by atoms with van der Waals surface area (Å²) >= 11 is 12.0. The van der Waals surface area contributed by atoms with Crippen LogP contribution >= 0.6 is 23.2 Å². The maximum absolute atomic E-state index is 12.4. The molecular weight excluding hydrogens is 433 g/mol. The van der Waals surface area contributed by atoms with Gasteiger partial charge in [-0.25, -0.2) is 5.43 Å². The van der Waals surface area contributed by atoms with Crippen LogP contribution in [-0.2, 0) is 4.79 Å². The van der Waals surface area contributed by atoms with Gasteiger partial charge >= 0.3 is 0 Å². The van der Waals surface area contributed by atoms with Gasteiger partial charge in [-0.1, -0.05) is 74.4 Å². The number of rotatable bonds is 11. The molecule has 2 amide bonds. The van der Waals surface area contributed by atoms with Crippen molar-refractivity contribution in [3.05, 3.63) is 63.6 Å². The third kappa shape index (κ3) is 8.72. The Morgan fingerprint density at radius 3 is 2.29 bits per heavy atom. The molecule has 2 N–H and O–H groups in total. The fourth-order valence-corrected chi connectivity index (χ4v) is 3.49. The Kier molecular flexibility index (Phi) is 10.5. The Labute approximate surface area is 194 Å². The smallest absolute Gasteiger partial charge is 0.257 e. The third-order valence-electron chi connectivity index (χ3n) is 4.84. The average molecular weight is 462 g/mol. The molecule has 0 heterocycles. The van der Waals surface area contributed by atoms with E-state index < -0.39 is 0 Å². The predicted octanol–water partition coefficient (Wildman–Crippen LogP) is 6.84. The number of hydrogen-bond acceptors (Lipinski definition) is 3. The third-order valence-corrected chi connectivity index (χ3v) is 5.39. The van der Waals surface area contributed by atoms with Gasteiger partial charge in [0.2, 0.25) is 5.91 Å². The van der Waals surface area contributed by atoms with E-state index in [2.05, 4.69) is 22.8 Å². The lowest BCUT2D eigenvalue weighted by Crippen LogP contribution is -2.18. The molecule has 2 aromatic carbocycles. The highest BCUT2D eigenvalue weighted by molar-refractivity contribution is 6.37. The van der Waals surface area contributed by atoms with E-state index in [4.69, 9.17) is 23.2 Å². The maximum atomic E-state index is 12.4. The Hall–Kier alpha value is -2.37. The number of anilines is 1. The van der Waals surface area contributed by atoms with Gasteiger partial charge in [-0.2, -0.15) is 5.10 Å². The first-order valence-electron chi connectivity index (χ1n) is 10.6. The molecule has 0 spiro atoms. The van der Waals surface area contributed by atoms with Gasteiger partial charge in [-0.05, 0) is 49.2 Å². The van der Waals surface area contributed by atoms with Crippen molar-refractivity contribution in [3.63, 3.8) is 0 Å². The standard InChI is InChI=1S/C24H29Cl2N3O2/c1-3-4-5-6-7-8-9-23(30)29-28-17(2)18-10-13-20(14-11-18)27-24(31)21-15-12-19(25)16-22(21)26/h10-16H,3-9H2,1-2H3,(H,27,31)(H,29,30). The van der Waals surface area contributed by atoms with Crippen molar-refractivity contribution < 1.29 is 9.59 Å². The normalized spacial score (nSPS) is 11.3. The fourth-order valence-electron chi connectivity index (χ4n) is 3.00. The van der Waals surface area contributed by atoms with Crippen LogP contribution in [0.1, 0.15) is 74.7 Å². The van der Waals surface area contributed by atoms with E-state index in [0.717, 1.165) is 18.4 Å². The molecular formula is C24H29Cl2N3O2. The molecule has 0 saturated carbocycles. The number of benzene rings is 2. The summed E-state index contributed by atoms with van der Waals surface area (Å²) in [6.45, 7) is 4.01. The zero-order valence-electron chi connectivity index (χ0n) is 18.0. The average Bonchev–Trinajstić information content (AvgIpc) is 2.75. The number of hydrogen-bond donors (Lipinski definition) is 2. The van der Waals surface area contributed by atoms with E-state index in [1.807, 2.05) is 19.1 Å². The van der Waals surface area contributed by atoms with Gasteiger partial charge in [-0.15, -0.1) is 0 Å². The zero-order valence-corrected chi connectivity index (χ0v) is 19.5. The lowest BCUT2D eigenvalue weighted by Gasteiger charge is -2.08. The molecule has 0 unspecified atom stereocenters. The molecule has 5 nitrogen and oxygen atoms in total. The number of halogens is 2. The molecule has 0 aliphatic heterocycles. The summed E-state index contributed by atoms with van der Waals surface area (Å²) in [4.78, 5) is 24.3. The largest absolute Gasteiger partial charge is 0.322 e. The molecule has 2 aromatic rings. The summed E-state index contributed by atoms with van der Waals surface area (Å²) in [6, 6.07) is 11.9. The van der Waals surface area contributed by atoms with Crippen LogP contribution in [0.2, 0.25) is 10.0 Å². The number of carbonyl (C=O) groups is 2. The molecule has 0 fully saturated rings. The van der Waals surface area contributed by atoms with E-state index in [-0.39, 0.29) is 11.8 Å². The fraction of sp³-hybridized carbons (Fsp3) is 0.375. The SMILES string of the molecule is CCCCCCCCC(=O)NN=C(C)c1ccc(NC(=O)c2ccc(Cl)cc2Cl)cc1. The van der Waals surface area contributed by atoms with Crippen molar-refractivity contribution in [1.29, 1.82) is 0 Å². The van der Waals surface area contributed by atoms with Crippen LogP contribution in [0.15, 0.2) is 47.6 Å². The highest BCUT2D eigenvalue weighted by Crippen LogP contribution is 2.22. The number of carbonyl (C=O) groups excluding carboxylic acids is 2. The van der Waals surface area contributed by atoms with Crippen molar-refractivity contribution >= 4 is 46.4 Å². The Morgan fingerprint density at radius 1 is 0.935 bits per heavy atom. The highest BCUT2D eigenvalue weighted by Gasteiger charge is 2.11. The second-order valence-electron chi connectivity index (χ2n) is 7.41. The van der Waals surface area contributed by atoms with Crippen molar-refractivity contribution in [1.82, 2.24) is 5.43 Å². The van der Waals surface area contributed by atoms with Crippen LogP contribution in [0.25, 0.3) is 0 Å². The van der Waals surface area contributed by atoms with E-state index >= 15 is 0 Å². The molecule has 166 valence electrons. The molecule has 0 aromatic heterocycles. The summed E-state index contributed by atoms with van der Waals surface area (Å²) in [6.07, 6.45) is 7.34. The van der Waals surface area contributed by atoms with Gasteiger partial charge in [0, 0.05) is 17.1 Å². The Morgan fingerprint density at radius 2 is 1.61 bits per heavy atom. The van der Waals surface area contributed by atoms with Gasteiger partial charge in [-0.3, -0.25) is 9.59 Å². The van der Waals surface area contributed by atoms with Crippen LogP contribution in [0.5, 0.6) is 0 Å². The number of nitrogens with zero attached hydrogens (tertiary/aromatic N) is 1. The molecule has 0 bridgehead atoms. The van der Waals surface area contributed by atoms with Crippen LogP contribution in [0, 0.1) is 0 Å². The first kappa shape index (κ1) is 24.9. The van der Waals surface area contributed by atoms with Crippen molar-refractivity contribution in [3.8, 4) is 0 Å². The van der Waals surface area contributed by atoms with Gasteiger partial charge in [0.25, 0.3) is 5.91 Å². The predicted molar refractivity (Wildman–Crippen MR) is 129 cm³/mol. The van der Waals surface area contributed by atoms with Gasteiger partial charge in [0.15, 0.2) is 0 Å². The minimum atomic E-state index is -0.318. The summed E-state index contributed by atoms with van der Waals surface area (Å²) in [5.41, 5.74) is 5.13. The molecule has 0 atom stereocenters. The topological polar surface area (TPSA) is 70.6 Å². The van der Waals surface area contributed by atoms with E-state index in [9.17, 15) is 9.59 Å². The Balaban J connectivity index is 1.83. The molecule has 0 aliphatic rings. The van der Waals surface area contributed by atoms with Crippen molar-refractivity contribution in [2.45, 2.75) is 58.8 Å². The first-order valence-corrected chi connectivity index (χ1v) is 11.4. The maximum Gasteiger partial charge on any atom is 0.257 e. The van der Waals surface area contributed by atoms with Crippen LogP contribution in [0.3, 0.4) is 0 Å². The molecule has 0 aliphatic carbocycles. The van der Waals surface area contributed by atoms with Crippen LogP contribution < -0.4 is 10.7 Å². The van der Waals surface area contributed by atoms with E-state index in [1.165, 1.54) is 31.7 Å². The van der Waals surface area contributed by atoms with Gasteiger partial charge < -0.3 is 5.32 Å². The summed E-state index contributed by atoms with van der Waals surface area (Å²) in [7, 11) is 0. The molecule has 0 saturated heterocycles. The number of nitrogens with one attached hydrogen (secondary N) is 2. The summed E-state index contributed by atoms with van der Waals surface area (Å²) < 4.78 is 0. The lowest BCUT2D eigenvalue weighted by atomic mass is 10.1. The summed E-state index contributed by atoms with van der Waals surface area (Å²) in [5.74, 6) is -0.389. The van der Waals surface area contributed by atoms with Gasteiger partial charge in [0.05, 0.1) is 16.3 Å². The minimum Gasteiger partial charge on any atom is -0.322 e.